The molecule has 2 aliphatic rings. The third-order valence-electron chi connectivity index (χ3n) is 4.32. The van der Waals surface area contributed by atoms with E-state index in [4.69, 9.17) is 4.74 Å². The minimum Gasteiger partial charge on any atom is -0.462 e. The number of hydrogen-bond acceptors (Lipinski definition) is 4. The molecule has 1 N–H and O–H groups in total. The number of ether oxygens (including phenoxy) is 1. The average Bonchev–Trinajstić information content (AvgIpc) is 2.49. The van der Waals surface area contributed by atoms with Crippen LogP contribution in [-0.4, -0.2) is 43.7 Å². The highest BCUT2D eigenvalue weighted by atomic mass is 16.5. The number of para-hydroxylation sites is 1. The van der Waals surface area contributed by atoms with E-state index in [0.29, 0.717) is 0 Å². The van der Waals surface area contributed by atoms with Crippen molar-refractivity contribution >= 4 is 11.7 Å². The van der Waals surface area contributed by atoms with E-state index < -0.39 is 0 Å². The lowest BCUT2D eigenvalue weighted by Crippen LogP contribution is -2.36. The number of carbonyl (C=O) groups is 1. The molecule has 0 amide bonds. The number of nitrogens with one attached hydrogen (secondary N) is 1. The molecule has 2 aliphatic heterocycles. The SMILES string of the molecule is CN1CCC(OC(=O)C2CCNc3ccccc32)CC1. The first-order valence-corrected chi connectivity index (χ1v) is 7.46. The number of likely N-dealkylation sites (tertiary alicyclic amines) is 1. The average molecular weight is 274 g/mol. The van der Waals surface area contributed by atoms with Gasteiger partial charge in [-0.2, -0.15) is 0 Å². The molecule has 108 valence electrons. The third-order valence-corrected chi connectivity index (χ3v) is 4.32. The van der Waals surface area contributed by atoms with Crippen LogP contribution >= 0.6 is 0 Å². The van der Waals surface area contributed by atoms with Gasteiger partial charge >= 0.3 is 5.97 Å². The van der Waals surface area contributed by atoms with E-state index in [1.807, 2.05) is 24.3 Å². The van der Waals surface area contributed by atoms with E-state index >= 15 is 0 Å². The summed E-state index contributed by atoms with van der Waals surface area (Å²) in [7, 11) is 2.11. The predicted octanol–water partition coefficient (Wildman–Crippen LogP) is 2.22. The second kappa shape index (κ2) is 5.83. The lowest BCUT2D eigenvalue weighted by molar-refractivity contribution is -0.153. The fraction of sp³-hybridized carbons (Fsp3) is 0.562. The number of carbonyl (C=O) groups excluding carboxylic acids is 1. The number of benzene rings is 1. The molecule has 2 heterocycles. The molecule has 4 heteroatoms. The highest BCUT2D eigenvalue weighted by Gasteiger charge is 2.30. The van der Waals surface area contributed by atoms with Crippen molar-refractivity contribution < 1.29 is 9.53 Å². The Morgan fingerprint density at radius 3 is 2.80 bits per heavy atom. The fourth-order valence-electron chi connectivity index (χ4n) is 3.06. The summed E-state index contributed by atoms with van der Waals surface area (Å²) in [4.78, 5) is 14.7. The van der Waals surface area contributed by atoms with E-state index in [0.717, 1.165) is 50.1 Å². The summed E-state index contributed by atoms with van der Waals surface area (Å²) in [6, 6.07) is 8.05. The van der Waals surface area contributed by atoms with Gasteiger partial charge in [0.1, 0.15) is 6.10 Å². The zero-order valence-electron chi connectivity index (χ0n) is 12.0. The van der Waals surface area contributed by atoms with Crippen molar-refractivity contribution in [3.05, 3.63) is 29.8 Å². The number of esters is 1. The summed E-state index contributed by atoms with van der Waals surface area (Å²) < 4.78 is 5.74. The molecule has 0 aliphatic carbocycles. The van der Waals surface area contributed by atoms with Crippen molar-refractivity contribution in [3.63, 3.8) is 0 Å². The topological polar surface area (TPSA) is 41.6 Å². The molecule has 3 rings (SSSR count). The highest BCUT2D eigenvalue weighted by Crippen LogP contribution is 2.32. The van der Waals surface area contributed by atoms with Gasteiger partial charge in [-0.25, -0.2) is 0 Å². The third kappa shape index (κ3) is 2.80. The van der Waals surface area contributed by atoms with Crippen LogP contribution in [0.2, 0.25) is 0 Å². The Balaban J connectivity index is 1.66. The summed E-state index contributed by atoms with van der Waals surface area (Å²) in [6.45, 7) is 2.87. The first kappa shape index (κ1) is 13.4. The Hall–Kier alpha value is -1.55. The van der Waals surface area contributed by atoms with Crippen molar-refractivity contribution in [2.45, 2.75) is 31.3 Å². The van der Waals surface area contributed by atoms with Gasteiger partial charge in [-0.1, -0.05) is 18.2 Å². The minimum absolute atomic E-state index is 0.0477. The van der Waals surface area contributed by atoms with Crippen LogP contribution in [0.4, 0.5) is 5.69 Å². The van der Waals surface area contributed by atoms with E-state index in [2.05, 4.69) is 17.3 Å². The van der Waals surface area contributed by atoms with Gasteiger partial charge in [0.2, 0.25) is 0 Å². The van der Waals surface area contributed by atoms with Gasteiger partial charge in [0.05, 0.1) is 5.92 Å². The molecule has 0 saturated carbocycles. The number of hydrogen-bond donors (Lipinski definition) is 1. The van der Waals surface area contributed by atoms with Crippen LogP contribution in [-0.2, 0) is 9.53 Å². The molecule has 0 radical (unpaired) electrons. The van der Waals surface area contributed by atoms with E-state index in [-0.39, 0.29) is 18.0 Å². The maximum atomic E-state index is 12.4. The Morgan fingerprint density at radius 1 is 1.25 bits per heavy atom. The molecule has 1 saturated heterocycles. The van der Waals surface area contributed by atoms with E-state index in [9.17, 15) is 4.79 Å². The number of piperidine rings is 1. The van der Waals surface area contributed by atoms with Crippen LogP contribution in [0.15, 0.2) is 24.3 Å². The molecule has 1 unspecified atom stereocenters. The van der Waals surface area contributed by atoms with Crippen molar-refractivity contribution in [2.75, 3.05) is 32.0 Å². The summed E-state index contributed by atoms with van der Waals surface area (Å²) >= 11 is 0. The maximum Gasteiger partial charge on any atom is 0.313 e. The predicted molar refractivity (Wildman–Crippen MR) is 78.9 cm³/mol. The van der Waals surface area contributed by atoms with Gasteiger partial charge in [0.15, 0.2) is 0 Å². The van der Waals surface area contributed by atoms with Crippen molar-refractivity contribution in [1.82, 2.24) is 4.90 Å². The number of anilines is 1. The number of fused-ring (bicyclic) bond motifs is 1. The molecular weight excluding hydrogens is 252 g/mol. The van der Waals surface area contributed by atoms with Gasteiger partial charge in [0.25, 0.3) is 0 Å². The summed E-state index contributed by atoms with van der Waals surface area (Å²) in [6.07, 6.45) is 2.83. The van der Waals surface area contributed by atoms with Crippen molar-refractivity contribution in [1.29, 1.82) is 0 Å². The zero-order valence-corrected chi connectivity index (χ0v) is 12.0. The van der Waals surface area contributed by atoms with Crippen LogP contribution in [0.25, 0.3) is 0 Å². The quantitative estimate of drug-likeness (QED) is 0.840. The minimum atomic E-state index is -0.105. The van der Waals surface area contributed by atoms with Crippen LogP contribution < -0.4 is 5.32 Å². The maximum absolute atomic E-state index is 12.4. The van der Waals surface area contributed by atoms with Crippen LogP contribution in [0.5, 0.6) is 0 Å². The fourth-order valence-corrected chi connectivity index (χ4v) is 3.06. The van der Waals surface area contributed by atoms with Crippen LogP contribution in [0.3, 0.4) is 0 Å². The zero-order chi connectivity index (χ0) is 13.9. The molecule has 0 aromatic heterocycles. The van der Waals surface area contributed by atoms with E-state index in [1.54, 1.807) is 0 Å². The largest absolute Gasteiger partial charge is 0.462 e. The summed E-state index contributed by atoms with van der Waals surface area (Å²) in [5, 5.41) is 3.34. The smallest absolute Gasteiger partial charge is 0.313 e. The number of nitrogens with zero attached hydrogens (tertiary/aromatic N) is 1. The highest BCUT2D eigenvalue weighted by molar-refractivity contribution is 5.81. The molecule has 0 bridgehead atoms. The Kier molecular flexibility index (Phi) is 3.92. The summed E-state index contributed by atoms with van der Waals surface area (Å²) in [5.74, 6) is -0.152. The van der Waals surface area contributed by atoms with E-state index in [1.165, 1.54) is 0 Å². The Labute approximate surface area is 120 Å². The molecule has 0 spiro atoms. The monoisotopic (exact) mass is 274 g/mol. The van der Waals surface area contributed by atoms with Gasteiger partial charge < -0.3 is 15.0 Å². The van der Waals surface area contributed by atoms with Crippen molar-refractivity contribution in [3.8, 4) is 0 Å². The normalized spacial score (nSPS) is 23.8. The van der Waals surface area contributed by atoms with Crippen LogP contribution in [0.1, 0.15) is 30.7 Å². The van der Waals surface area contributed by atoms with Crippen LogP contribution in [0, 0.1) is 0 Å². The van der Waals surface area contributed by atoms with Gasteiger partial charge in [0, 0.05) is 25.3 Å². The van der Waals surface area contributed by atoms with Gasteiger partial charge in [-0.3, -0.25) is 4.79 Å². The molecule has 1 aromatic carbocycles. The molecule has 4 nitrogen and oxygen atoms in total. The first-order valence-electron chi connectivity index (χ1n) is 7.46. The first-order chi connectivity index (χ1) is 9.74. The lowest BCUT2D eigenvalue weighted by atomic mass is 9.91. The Bertz CT molecular complexity index is 481. The standard InChI is InChI=1S/C16H22N2O2/c1-18-10-7-12(8-11-18)20-16(19)14-6-9-17-15-5-3-2-4-13(14)15/h2-5,12,14,17H,6-11H2,1H3. The molecule has 20 heavy (non-hydrogen) atoms. The molecular formula is C16H22N2O2. The second-order valence-corrected chi connectivity index (χ2v) is 5.79. The second-order valence-electron chi connectivity index (χ2n) is 5.79. The van der Waals surface area contributed by atoms with Gasteiger partial charge in [-0.05, 0) is 37.9 Å². The molecule has 1 fully saturated rings. The summed E-state index contributed by atoms with van der Waals surface area (Å²) in [5.41, 5.74) is 2.15. The Morgan fingerprint density at radius 2 is 2.00 bits per heavy atom. The van der Waals surface area contributed by atoms with Crippen molar-refractivity contribution in [2.24, 2.45) is 0 Å². The molecule has 1 aromatic rings. The molecule has 1 atom stereocenters. The lowest BCUT2D eigenvalue weighted by Gasteiger charge is -2.31. The van der Waals surface area contributed by atoms with Gasteiger partial charge in [-0.15, -0.1) is 0 Å². The number of rotatable bonds is 2.